The number of aromatic nitrogens is 2. The molecule has 0 aliphatic rings. The van der Waals surface area contributed by atoms with Gasteiger partial charge < -0.3 is 10.1 Å². The Hall–Kier alpha value is -1.20. The molecule has 0 spiro atoms. The van der Waals surface area contributed by atoms with Crippen LogP contribution in [0.3, 0.4) is 0 Å². The molecule has 1 rings (SSSR count). The van der Waals surface area contributed by atoms with Crippen LogP contribution in [-0.4, -0.2) is 34.6 Å². The number of carbonyl (C=O) groups excluding carboxylic acids is 1. The molecule has 6 heteroatoms. The molecule has 1 aromatic rings. The predicted molar refractivity (Wildman–Crippen MR) is 69.8 cm³/mol. The monoisotopic (exact) mass is 271 g/mol. The number of amides is 1. The van der Waals surface area contributed by atoms with E-state index in [1.54, 1.807) is 13.0 Å². The molecular weight excluding hydrogens is 254 g/mol. The minimum Gasteiger partial charge on any atom is -0.374 e. The predicted octanol–water partition coefficient (Wildman–Crippen LogP) is 1.98. The van der Waals surface area contributed by atoms with Gasteiger partial charge in [0.15, 0.2) is 0 Å². The van der Waals surface area contributed by atoms with Gasteiger partial charge in [-0.2, -0.15) is 0 Å². The lowest BCUT2D eigenvalue weighted by Crippen LogP contribution is -2.40. The average Bonchev–Trinajstić information content (AvgIpc) is 2.24. The minimum absolute atomic E-state index is 0.0734. The molecule has 0 aliphatic heterocycles. The van der Waals surface area contributed by atoms with Gasteiger partial charge in [0.1, 0.15) is 5.69 Å². The maximum Gasteiger partial charge on any atom is 0.270 e. The molecule has 0 bridgehead atoms. The fourth-order valence-corrected chi connectivity index (χ4v) is 1.70. The quantitative estimate of drug-likeness (QED) is 0.832. The van der Waals surface area contributed by atoms with Crippen molar-refractivity contribution in [2.45, 2.75) is 33.3 Å². The van der Waals surface area contributed by atoms with E-state index in [4.69, 9.17) is 16.3 Å². The van der Waals surface area contributed by atoms with Crippen LogP contribution in [0.4, 0.5) is 0 Å². The van der Waals surface area contributed by atoms with E-state index >= 15 is 0 Å². The molecule has 100 valence electrons. The molecule has 1 heterocycles. The standard InChI is InChI=1S/C12H18ClN3O2/c1-5-18-12(3,4)7-14-10(17)9-6-8(2)15-11(13)16-9/h6H,5,7H2,1-4H3,(H,14,17). The van der Waals surface area contributed by atoms with Crippen LogP contribution in [0.5, 0.6) is 0 Å². The summed E-state index contributed by atoms with van der Waals surface area (Å²) < 4.78 is 5.49. The third-order valence-electron chi connectivity index (χ3n) is 2.27. The van der Waals surface area contributed by atoms with Crippen molar-refractivity contribution in [2.24, 2.45) is 0 Å². The fraction of sp³-hybridized carbons (Fsp3) is 0.583. The van der Waals surface area contributed by atoms with Gasteiger partial charge in [-0.25, -0.2) is 9.97 Å². The normalized spacial score (nSPS) is 11.4. The van der Waals surface area contributed by atoms with Crippen molar-refractivity contribution in [3.8, 4) is 0 Å². The Kier molecular flexibility index (Phi) is 5.04. The van der Waals surface area contributed by atoms with Gasteiger partial charge in [-0.1, -0.05) is 0 Å². The molecule has 0 aliphatic carbocycles. The Morgan fingerprint density at radius 3 is 2.72 bits per heavy atom. The first-order valence-electron chi connectivity index (χ1n) is 5.77. The third kappa shape index (κ3) is 4.58. The number of aryl methyl sites for hydroxylation is 1. The largest absolute Gasteiger partial charge is 0.374 e. The van der Waals surface area contributed by atoms with Gasteiger partial charge in [-0.05, 0) is 45.4 Å². The fourth-order valence-electron chi connectivity index (χ4n) is 1.47. The van der Waals surface area contributed by atoms with Gasteiger partial charge in [0.05, 0.1) is 5.60 Å². The lowest BCUT2D eigenvalue weighted by molar-refractivity contribution is -0.00818. The summed E-state index contributed by atoms with van der Waals surface area (Å²) >= 11 is 5.71. The smallest absolute Gasteiger partial charge is 0.270 e. The van der Waals surface area contributed by atoms with Gasteiger partial charge in [-0.15, -0.1) is 0 Å². The van der Waals surface area contributed by atoms with Crippen LogP contribution < -0.4 is 5.32 Å². The first-order chi connectivity index (χ1) is 8.34. The molecule has 1 amide bonds. The summed E-state index contributed by atoms with van der Waals surface area (Å²) in [6.45, 7) is 8.50. The van der Waals surface area contributed by atoms with Crippen LogP contribution >= 0.6 is 11.6 Å². The molecule has 5 nitrogen and oxygen atoms in total. The Bertz CT molecular complexity index is 415. The van der Waals surface area contributed by atoms with E-state index in [1.165, 1.54) is 0 Å². The van der Waals surface area contributed by atoms with Crippen molar-refractivity contribution in [3.05, 3.63) is 22.7 Å². The van der Waals surface area contributed by atoms with Gasteiger partial charge in [-0.3, -0.25) is 4.79 Å². The van der Waals surface area contributed by atoms with Crippen molar-refractivity contribution in [1.82, 2.24) is 15.3 Å². The summed E-state index contributed by atoms with van der Waals surface area (Å²) in [7, 11) is 0. The van der Waals surface area contributed by atoms with E-state index in [1.807, 2.05) is 20.8 Å². The summed E-state index contributed by atoms with van der Waals surface area (Å²) in [6, 6.07) is 1.59. The van der Waals surface area contributed by atoms with Crippen LogP contribution in [-0.2, 0) is 4.74 Å². The second kappa shape index (κ2) is 6.11. The second-order valence-corrected chi connectivity index (χ2v) is 4.88. The minimum atomic E-state index is -0.406. The van der Waals surface area contributed by atoms with Crippen LogP contribution in [0, 0.1) is 6.92 Å². The molecule has 1 aromatic heterocycles. The summed E-state index contributed by atoms with van der Waals surface area (Å²) in [5, 5.41) is 2.84. The number of halogens is 1. The first-order valence-corrected chi connectivity index (χ1v) is 6.15. The van der Waals surface area contributed by atoms with E-state index in [9.17, 15) is 4.79 Å². The zero-order chi connectivity index (χ0) is 13.8. The number of ether oxygens (including phenoxy) is 1. The van der Waals surface area contributed by atoms with Gasteiger partial charge in [0, 0.05) is 18.8 Å². The molecule has 0 atom stereocenters. The van der Waals surface area contributed by atoms with E-state index in [-0.39, 0.29) is 16.9 Å². The molecule has 0 radical (unpaired) electrons. The summed E-state index contributed by atoms with van der Waals surface area (Å²) in [4.78, 5) is 19.7. The zero-order valence-corrected chi connectivity index (χ0v) is 11.8. The lowest BCUT2D eigenvalue weighted by atomic mass is 10.1. The highest BCUT2D eigenvalue weighted by molar-refractivity contribution is 6.28. The van der Waals surface area contributed by atoms with E-state index in [0.717, 1.165) is 0 Å². The molecule has 0 saturated heterocycles. The molecular formula is C12H18ClN3O2. The summed E-state index contributed by atoms with van der Waals surface area (Å²) in [5.41, 5.74) is 0.514. The molecule has 0 fully saturated rings. The number of rotatable bonds is 5. The number of nitrogens with zero attached hydrogens (tertiary/aromatic N) is 2. The number of carbonyl (C=O) groups is 1. The van der Waals surface area contributed by atoms with E-state index < -0.39 is 5.60 Å². The van der Waals surface area contributed by atoms with Crippen LogP contribution in [0.1, 0.15) is 37.0 Å². The number of hydrogen-bond donors (Lipinski definition) is 1. The van der Waals surface area contributed by atoms with Crippen LogP contribution in [0.15, 0.2) is 6.07 Å². The topological polar surface area (TPSA) is 64.1 Å². The first kappa shape index (κ1) is 14.9. The Morgan fingerprint density at radius 2 is 2.17 bits per heavy atom. The zero-order valence-electron chi connectivity index (χ0n) is 11.1. The SMILES string of the molecule is CCOC(C)(C)CNC(=O)c1cc(C)nc(Cl)n1. The van der Waals surface area contributed by atoms with Crippen LogP contribution in [0.2, 0.25) is 5.28 Å². The van der Waals surface area contributed by atoms with E-state index in [2.05, 4.69) is 15.3 Å². The van der Waals surface area contributed by atoms with Crippen molar-refractivity contribution >= 4 is 17.5 Å². The van der Waals surface area contributed by atoms with Gasteiger partial charge >= 0.3 is 0 Å². The average molecular weight is 272 g/mol. The molecule has 0 saturated carbocycles. The summed E-state index contributed by atoms with van der Waals surface area (Å²) in [5.74, 6) is -0.282. The highest BCUT2D eigenvalue weighted by atomic mass is 35.5. The highest BCUT2D eigenvalue weighted by Gasteiger charge is 2.19. The molecule has 0 aromatic carbocycles. The van der Waals surface area contributed by atoms with Gasteiger partial charge in [0.25, 0.3) is 5.91 Å². The highest BCUT2D eigenvalue weighted by Crippen LogP contribution is 2.08. The van der Waals surface area contributed by atoms with Crippen LogP contribution in [0.25, 0.3) is 0 Å². The Balaban J connectivity index is 2.66. The lowest BCUT2D eigenvalue weighted by Gasteiger charge is -2.24. The van der Waals surface area contributed by atoms with Gasteiger partial charge in [0.2, 0.25) is 5.28 Å². The number of hydrogen-bond acceptors (Lipinski definition) is 4. The summed E-state index contributed by atoms with van der Waals surface area (Å²) in [6.07, 6.45) is 0. The molecule has 0 unspecified atom stereocenters. The van der Waals surface area contributed by atoms with E-state index in [0.29, 0.717) is 18.8 Å². The van der Waals surface area contributed by atoms with Crippen molar-refractivity contribution in [2.75, 3.05) is 13.2 Å². The number of nitrogens with one attached hydrogen (secondary N) is 1. The van der Waals surface area contributed by atoms with Crippen molar-refractivity contribution in [1.29, 1.82) is 0 Å². The molecule has 1 N–H and O–H groups in total. The Labute approximate surface area is 112 Å². The van der Waals surface area contributed by atoms with Crippen molar-refractivity contribution in [3.63, 3.8) is 0 Å². The Morgan fingerprint density at radius 1 is 1.50 bits per heavy atom. The maximum atomic E-state index is 11.9. The third-order valence-corrected chi connectivity index (χ3v) is 2.44. The maximum absolute atomic E-state index is 11.9. The second-order valence-electron chi connectivity index (χ2n) is 4.54. The van der Waals surface area contributed by atoms with Crippen molar-refractivity contribution < 1.29 is 9.53 Å². The molecule has 18 heavy (non-hydrogen) atoms.